The van der Waals surface area contributed by atoms with Gasteiger partial charge in [-0.15, -0.1) is 0 Å². The number of hydrogen-bond acceptors (Lipinski definition) is 4. The third-order valence-corrected chi connectivity index (χ3v) is 5.05. The van der Waals surface area contributed by atoms with Gasteiger partial charge in [-0.3, -0.25) is 14.5 Å². The van der Waals surface area contributed by atoms with Gasteiger partial charge in [0.05, 0.1) is 12.7 Å². The molecule has 130 valence electrons. The second kappa shape index (κ2) is 7.90. The third-order valence-electron chi connectivity index (χ3n) is 5.05. The van der Waals surface area contributed by atoms with Crippen LogP contribution < -0.4 is 5.32 Å². The first-order chi connectivity index (χ1) is 11.6. The number of fused-ring (bicyclic) bond motifs is 1. The summed E-state index contributed by atoms with van der Waals surface area (Å²) in [6, 6.07) is 7.52. The van der Waals surface area contributed by atoms with E-state index in [2.05, 4.69) is 10.2 Å². The Balaban J connectivity index is 1.49. The van der Waals surface area contributed by atoms with Crippen LogP contribution in [0.15, 0.2) is 24.3 Å². The van der Waals surface area contributed by atoms with E-state index in [1.807, 2.05) is 0 Å². The van der Waals surface area contributed by atoms with Gasteiger partial charge >= 0.3 is 0 Å². The molecule has 1 aliphatic carbocycles. The minimum absolute atomic E-state index is 0.0180. The number of nitrogens with zero attached hydrogens (tertiary/aromatic N) is 1. The Hall–Kier alpha value is -1.72. The number of Topliss-reactive ketones (excluding diaryl/α,β-unsaturated/α-hetero) is 1. The molecule has 1 aromatic carbocycles. The Morgan fingerprint density at radius 2 is 1.96 bits per heavy atom. The second-order valence-electron chi connectivity index (χ2n) is 6.73. The molecule has 1 N–H and O–H groups in total. The molecule has 0 radical (unpaired) electrons. The van der Waals surface area contributed by atoms with Crippen molar-refractivity contribution in [2.24, 2.45) is 0 Å². The van der Waals surface area contributed by atoms with E-state index in [0.29, 0.717) is 24.1 Å². The van der Waals surface area contributed by atoms with Crippen LogP contribution in [-0.2, 0) is 9.53 Å². The summed E-state index contributed by atoms with van der Waals surface area (Å²) < 4.78 is 5.88. The molecule has 1 aliphatic heterocycles. The van der Waals surface area contributed by atoms with Crippen LogP contribution in [0.1, 0.15) is 49.4 Å². The Bertz CT molecular complexity index is 583. The number of amides is 1. The molecule has 0 spiro atoms. The minimum Gasteiger partial charge on any atom is -0.375 e. The van der Waals surface area contributed by atoms with E-state index in [-0.39, 0.29) is 11.7 Å². The van der Waals surface area contributed by atoms with Crippen LogP contribution in [0, 0.1) is 0 Å². The van der Waals surface area contributed by atoms with Gasteiger partial charge in [0, 0.05) is 36.8 Å². The number of anilines is 1. The highest BCUT2D eigenvalue weighted by Gasteiger charge is 2.33. The number of hydrogen-bond donors (Lipinski definition) is 1. The van der Waals surface area contributed by atoms with Crippen molar-refractivity contribution in [2.45, 2.75) is 51.2 Å². The molecule has 2 atom stereocenters. The predicted octanol–water partition coefficient (Wildman–Crippen LogP) is 2.86. The number of morpholine rings is 1. The van der Waals surface area contributed by atoms with Gasteiger partial charge in [-0.05, 0) is 44.0 Å². The molecule has 0 unspecified atom stereocenters. The lowest BCUT2D eigenvalue weighted by molar-refractivity contribution is -0.118. The Kier molecular flexibility index (Phi) is 5.63. The average molecular weight is 330 g/mol. The second-order valence-corrected chi connectivity index (χ2v) is 6.73. The molecule has 5 heteroatoms. The van der Waals surface area contributed by atoms with E-state index in [4.69, 9.17) is 4.74 Å². The Labute approximate surface area is 143 Å². The summed E-state index contributed by atoms with van der Waals surface area (Å²) in [5.41, 5.74) is 1.40. The van der Waals surface area contributed by atoms with Gasteiger partial charge in [0.25, 0.3) is 0 Å². The maximum absolute atomic E-state index is 12.2. The molecule has 3 rings (SSSR count). The number of carbonyl (C=O) groups excluding carboxylic acids is 2. The fourth-order valence-electron chi connectivity index (χ4n) is 3.71. The zero-order chi connectivity index (χ0) is 16.9. The van der Waals surface area contributed by atoms with E-state index in [9.17, 15) is 9.59 Å². The van der Waals surface area contributed by atoms with Gasteiger partial charge in [-0.2, -0.15) is 0 Å². The smallest absolute Gasteiger partial charge is 0.225 e. The van der Waals surface area contributed by atoms with E-state index < -0.39 is 0 Å². The zero-order valence-electron chi connectivity index (χ0n) is 14.3. The standard InChI is InChI=1S/C19H26N2O3/c1-14(22)15-6-8-16(9-7-15)20-19(23)10-11-21-12-13-24-18-5-3-2-4-17(18)21/h6-9,17-18H,2-5,10-13H2,1H3,(H,20,23)/t17-,18+/m1/s1. The van der Waals surface area contributed by atoms with Gasteiger partial charge in [-0.1, -0.05) is 12.8 Å². The fourth-order valence-corrected chi connectivity index (χ4v) is 3.71. The molecule has 1 saturated heterocycles. The summed E-state index contributed by atoms with van der Waals surface area (Å²) in [4.78, 5) is 25.9. The Morgan fingerprint density at radius 1 is 1.21 bits per heavy atom. The number of benzene rings is 1. The lowest BCUT2D eigenvalue weighted by atomic mass is 9.90. The summed E-state index contributed by atoms with van der Waals surface area (Å²) in [5.74, 6) is 0.0478. The van der Waals surface area contributed by atoms with E-state index in [1.54, 1.807) is 24.3 Å². The Morgan fingerprint density at radius 3 is 2.71 bits per heavy atom. The van der Waals surface area contributed by atoms with Gasteiger partial charge in [0.1, 0.15) is 0 Å². The molecule has 1 heterocycles. The van der Waals surface area contributed by atoms with Crippen molar-refractivity contribution in [2.75, 3.05) is 25.0 Å². The highest BCUT2D eigenvalue weighted by molar-refractivity contribution is 5.95. The molecule has 0 bridgehead atoms. The van der Waals surface area contributed by atoms with Crippen molar-refractivity contribution in [3.05, 3.63) is 29.8 Å². The first-order valence-electron chi connectivity index (χ1n) is 8.90. The van der Waals surface area contributed by atoms with E-state index in [1.165, 1.54) is 26.2 Å². The largest absolute Gasteiger partial charge is 0.375 e. The number of rotatable bonds is 5. The quantitative estimate of drug-likeness (QED) is 0.844. The van der Waals surface area contributed by atoms with Crippen LogP contribution in [0.5, 0.6) is 0 Å². The maximum atomic E-state index is 12.2. The van der Waals surface area contributed by atoms with Crippen LogP contribution >= 0.6 is 0 Å². The summed E-state index contributed by atoms with van der Waals surface area (Å²) in [7, 11) is 0. The molecule has 24 heavy (non-hydrogen) atoms. The van der Waals surface area contributed by atoms with Crippen molar-refractivity contribution in [3.63, 3.8) is 0 Å². The van der Waals surface area contributed by atoms with E-state index >= 15 is 0 Å². The van der Waals surface area contributed by atoms with Crippen LogP contribution in [-0.4, -0.2) is 48.4 Å². The summed E-state index contributed by atoms with van der Waals surface area (Å²) in [6.07, 6.45) is 5.68. The molecule has 1 saturated carbocycles. The first kappa shape index (κ1) is 17.1. The monoisotopic (exact) mass is 330 g/mol. The highest BCUT2D eigenvalue weighted by atomic mass is 16.5. The van der Waals surface area contributed by atoms with Gasteiger partial charge in [0.2, 0.25) is 5.91 Å². The summed E-state index contributed by atoms with van der Waals surface area (Å²) >= 11 is 0. The summed E-state index contributed by atoms with van der Waals surface area (Å²) in [6.45, 7) is 4.01. The van der Waals surface area contributed by atoms with Crippen molar-refractivity contribution in [1.82, 2.24) is 4.90 Å². The van der Waals surface area contributed by atoms with Gasteiger partial charge in [0.15, 0.2) is 5.78 Å². The van der Waals surface area contributed by atoms with Gasteiger partial charge in [-0.25, -0.2) is 0 Å². The van der Waals surface area contributed by atoms with Crippen molar-refractivity contribution < 1.29 is 14.3 Å². The number of nitrogens with one attached hydrogen (secondary N) is 1. The lowest BCUT2D eigenvalue weighted by Crippen LogP contribution is -2.53. The highest BCUT2D eigenvalue weighted by Crippen LogP contribution is 2.28. The van der Waals surface area contributed by atoms with Crippen LogP contribution in [0.2, 0.25) is 0 Å². The molecule has 1 amide bonds. The van der Waals surface area contributed by atoms with Crippen LogP contribution in [0.25, 0.3) is 0 Å². The lowest BCUT2D eigenvalue weighted by Gasteiger charge is -2.43. The topological polar surface area (TPSA) is 58.6 Å². The van der Waals surface area contributed by atoms with Crippen molar-refractivity contribution in [3.8, 4) is 0 Å². The molecular formula is C19H26N2O3. The number of ketones is 1. The number of ether oxygens (including phenoxy) is 1. The van der Waals surface area contributed by atoms with Crippen molar-refractivity contribution in [1.29, 1.82) is 0 Å². The SMILES string of the molecule is CC(=O)c1ccc(NC(=O)CCN2CCO[C@H]3CCCC[C@H]32)cc1. The fraction of sp³-hybridized carbons (Fsp3) is 0.579. The normalized spacial score (nSPS) is 24.2. The molecule has 5 nitrogen and oxygen atoms in total. The average Bonchev–Trinajstić information content (AvgIpc) is 2.60. The summed E-state index contributed by atoms with van der Waals surface area (Å²) in [5, 5.41) is 2.91. The van der Waals surface area contributed by atoms with Crippen molar-refractivity contribution >= 4 is 17.4 Å². The zero-order valence-corrected chi connectivity index (χ0v) is 14.3. The van der Waals surface area contributed by atoms with Crippen LogP contribution in [0.3, 0.4) is 0 Å². The molecule has 0 aromatic heterocycles. The maximum Gasteiger partial charge on any atom is 0.225 e. The molecule has 2 fully saturated rings. The first-order valence-corrected chi connectivity index (χ1v) is 8.90. The predicted molar refractivity (Wildman–Crippen MR) is 93.3 cm³/mol. The number of carbonyl (C=O) groups is 2. The van der Waals surface area contributed by atoms with Gasteiger partial charge < -0.3 is 10.1 Å². The minimum atomic E-state index is 0.0180. The third kappa shape index (κ3) is 4.22. The molecular weight excluding hydrogens is 304 g/mol. The molecule has 2 aliphatic rings. The molecule has 1 aromatic rings. The van der Waals surface area contributed by atoms with E-state index in [0.717, 1.165) is 31.8 Å². The van der Waals surface area contributed by atoms with Crippen LogP contribution in [0.4, 0.5) is 5.69 Å².